The molecule has 2 aliphatic heterocycles. The number of esters is 1. The molecular weight excluding hydrogens is 314 g/mol. The molecule has 4 nitrogen and oxygen atoms in total. The Morgan fingerprint density at radius 1 is 1.26 bits per heavy atom. The highest BCUT2D eigenvalue weighted by Crippen LogP contribution is 2.47. The summed E-state index contributed by atoms with van der Waals surface area (Å²) in [7, 11) is 1.44. The number of ether oxygens (including phenoxy) is 1. The molecule has 3 rings (SSSR count). The molecule has 1 aromatic carbocycles. The molecule has 0 spiro atoms. The van der Waals surface area contributed by atoms with E-state index in [4.69, 9.17) is 16.3 Å². The van der Waals surface area contributed by atoms with Crippen molar-refractivity contribution in [1.82, 2.24) is 4.90 Å². The number of carbonyl (C=O) groups excluding carboxylic acids is 2. The van der Waals surface area contributed by atoms with E-state index in [1.807, 2.05) is 24.3 Å². The van der Waals surface area contributed by atoms with Crippen molar-refractivity contribution in [2.24, 2.45) is 5.92 Å². The van der Waals surface area contributed by atoms with Crippen LogP contribution in [0.5, 0.6) is 0 Å². The Morgan fingerprint density at radius 3 is 2.57 bits per heavy atom. The number of hydrogen-bond acceptors (Lipinski definition) is 4. The molecule has 1 aromatic rings. The van der Waals surface area contributed by atoms with Gasteiger partial charge in [-0.3, -0.25) is 14.5 Å². The Labute approximate surface area is 141 Å². The minimum atomic E-state index is -0.223. The monoisotopic (exact) mass is 335 g/mol. The summed E-state index contributed by atoms with van der Waals surface area (Å²) in [6, 6.07) is 8.20. The maximum Gasteiger partial charge on any atom is 0.310 e. The first kappa shape index (κ1) is 16.5. The van der Waals surface area contributed by atoms with Crippen LogP contribution in [0, 0.1) is 5.92 Å². The van der Waals surface area contributed by atoms with Crippen LogP contribution < -0.4 is 0 Å². The minimum Gasteiger partial charge on any atom is -0.469 e. The van der Waals surface area contributed by atoms with E-state index in [1.54, 1.807) is 6.92 Å². The first-order chi connectivity index (χ1) is 11.0. The number of carbonyl (C=O) groups is 2. The van der Waals surface area contributed by atoms with Crippen molar-refractivity contribution >= 4 is 23.4 Å². The molecule has 4 unspecified atom stereocenters. The van der Waals surface area contributed by atoms with Crippen molar-refractivity contribution in [3.05, 3.63) is 34.9 Å². The lowest BCUT2D eigenvalue weighted by Crippen LogP contribution is -2.52. The standard InChI is InChI=1S/C18H22ClNO3/c1-11(21)10-20-14-7-8-16(20)17(18(22)23-2)15(9-14)12-3-5-13(19)6-4-12/h3-6,14-17H,7-10H2,1-2H3. The van der Waals surface area contributed by atoms with E-state index in [-0.39, 0.29) is 29.6 Å². The van der Waals surface area contributed by atoms with Gasteiger partial charge in [-0.2, -0.15) is 0 Å². The first-order valence-corrected chi connectivity index (χ1v) is 8.47. The van der Waals surface area contributed by atoms with Gasteiger partial charge in [0.05, 0.1) is 19.6 Å². The van der Waals surface area contributed by atoms with Gasteiger partial charge in [-0.05, 0) is 43.9 Å². The molecule has 124 valence electrons. The Morgan fingerprint density at radius 2 is 1.96 bits per heavy atom. The topological polar surface area (TPSA) is 46.6 Å². The molecule has 23 heavy (non-hydrogen) atoms. The second kappa shape index (κ2) is 6.62. The van der Waals surface area contributed by atoms with Crippen molar-refractivity contribution in [3.63, 3.8) is 0 Å². The molecule has 0 radical (unpaired) electrons. The molecule has 2 aliphatic rings. The molecule has 0 saturated carbocycles. The summed E-state index contributed by atoms with van der Waals surface area (Å²) in [4.78, 5) is 26.3. The zero-order valence-electron chi connectivity index (χ0n) is 13.5. The molecule has 2 bridgehead atoms. The third kappa shape index (κ3) is 3.15. The molecule has 0 aromatic heterocycles. The van der Waals surface area contributed by atoms with Gasteiger partial charge in [-0.1, -0.05) is 23.7 Å². The number of halogens is 1. The molecule has 0 aliphatic carbocycles. The number of hydrogen-bond donors (Lipinski definition) is 0. The minimum absolute atomic E-state index is 0.0887. The maximum absolute atomic E-state index is 12.5. The van der Waals surface area contributed by atoms with Gasteiger partial charge >= 0.3 is 5.97 Å². The van der Waals surface area contributed by atoms with Gasteiger partial charge in [0.1, 0.15) is 5.78 Å². The zero-order valence-corrected chi connectivity index (χ0v) is 14.3. The van der Waals surface area contributed by atoms with E-state index >= 15 is 0 Å². The van der Waals surface area contributed by atoms with E-state index in [0.29, 0.717) is 17.6 Å². The highest BCUT2D eigenvalue weighted by molar-refractivity contribution is 6.30. The fourth-order valence-electron chi connectivity index (χ4n) is 4.33. The van der Waals surface area contributed by atoms with E-state index in [2.05, 4.69) is 4.90 Å². The summed E-state index contributed by atoms with van der Waals surface area (Å²) in [5.41, 5.74) is 1.13. The average Bonchev–Trinajstić information content (AvgIpc) is 2.79. The van der Waals surface area contributed by atoms with Crippen LogP contribution in [0.1, 0.15) is 37.7 Å². The lowest BCUT2D eigenvalue weighted by atomic mass is 9.76. The summed E-state index contributed by atoms with van der Waals surface area (Å²) in [5, 5.41) is 0.695. The van der Waals surface area contributed by atoms with E-state index in [1.165, 1.54) is 7.11 Å². The third-order valence-electron chi connectivity index (χ3n) is 5.24. The highest BCUT2D eigenvalue weighted by Gasteiger charge is 2.51. The fraction of sp³-hybridized carbons (Fsp3) is 0.556. The van der Waals surface area contributed by atoms with E-state index in [9.17, 15) is 9.59 Å². The highest BCUT2D eigenvalue weighted by atomic mass is 35.5. The Bertz CT molecular complexity index is 601. The van der Waals surface area contributed by atoms with Crippen molar-refractivity contribution in [2.45, 2.75) is 44.2 Å². The molecule has 0 N–H and O–H groups in total. The molecular formula is C18H22ClNO3. The van der Waals surface area contributed by atoms with Crippen molar-refractivity contribution in [3.8, 4) is 0 Å². The van der Waals surface area contributed by atoms with Crippen LogP contribution in [0.3, 0.4) is 0 Å². The number of ketones is 1. The van der Waals surface area contributed by atoms with Gasteiger partial charge < -0.3 is 4.74 Å². The van der Waals surface area contributed by atoms with Crippen LogP contribution in [0.4, 0.5) is 0 Å². The molecule has 5 heteroatoms. The largest absolute Gasteiger partial charge is 0.469 e. The Balaban J connectivity index is 1.93. The van der Waals surface area contributed by atoms with Gasteiger partial charge in [-0.25, -0.2) is 0 Å². The van der Waals surface area contributed by atoms with Gasteiger partial charge in [0.15, 0.2) is 0 Å². The predicted octanol–water partition coefficient (Wildman–Crippen LogP) is 3.04. The first-order valence-electron chi connectivity index (χ1n) is 8.09. The number of piperidine rings is 1. The van der Waals surface area contributed by atoms with E-state index in [0.717, 1.165) is 24.8 Å². The number of methoxy groups -OCH3 is 1. The fourth-order valence-corrected chi connectivity index (χ4v) is 4.45. The van der Waals surface area contributed by atoms with Gasteiger partial charge in [0.2, 0.25) is 0 Å². The smallest absolute Gasteiger partial charge is 0.310 e. The molecule has 2 heterocycles. The van der Waals surface area contributed by atoms with Crippen LogP contribution in [-0.2, 0) is 14.3 Å². The van der Waals surface area contributed by atoms with Crippen LogP contribution in [0.2, 0.25) is 5.02 Å². The zero-order chi connectivity index (χ0) is 16.6. The quantitative estimate of drug-likeness (QED) is 0.793. The average molecular weight is 336 g/mol. The summed E-state index contributed by atoms with van der Waals surface area (Å²) < 4.78 is 5.09. The van der Waals surface area contributed by atoms with Crippen molar-refractivity contribution in [2.75, 3.05) is 13.7 Å². The van der Waals surface area contributed by atoms with Gasteiger partial charge in [-0.15, -0.1) is 0 Å². The lowest BCUT2D eigenvalue weighted by molar-refractivity contribution is -0.151. The van der Waals surface area contributed by atoms with Gasteiger partial charge in [0, 0.05) is 23.0 Å². The SMILES string of the molecule is COC(=O)C1C(c2ccc(Cl)cc2)CC2CCC1N2CC(C)=O. The maximum atomic E-state index is 12.5. The molecule has 4 atom stereocenters. The normalized spacial score (nSPS) is 30.2. The van der Waals surface area contributed by atoms with E-state index < -0.39 is 0 Å². The number of fused-ring (bicyclic) bond motifs is 2. The Kier molecular flexibility index (Phi) is 4.74. The Hall–Kier alpha value is -1.39. The predicted molar refractivity (Wildman–Crippen MR) is 88.5 cm³/mol. The summed E-state index contributed by atoms with van der Waals surface area (Å²) in [5.74, 6) is -0.126. The van der Waals surface area contributed by atoms with Crippen LogP contribution in [-0.4, -0.2) is 42.4 Å². The second-order valence-electron chi connectivity index (χ2n) is 6.62. The van der Waals surface area contributed by atoms with Gasteiger partial charge in [0.25, 0.3) is 0 Å². The number of benzene rings is 1. The van der Waals surface area contributed by atoms with Crippen LogP contribution in [0.15, 0.2) is 24.3 Å². The van der Waals surface area contributed by atoms with Crippen LogP contribution in [0.25, 0.3) is 0 Å². The third-order valence-corrected chi connectivity index (χ3v) is 5.49. The summed E-state index contributed by atoms with van der Waals surface area (Å²) >= 11 is 5.99. The second-order valence-corrected chi connectivity index (χ2v) is 7.05. The number of nitrogens with zero attached hydrogens (tertiary/aromatic N) is 1. The molecule has 2 fully saturated rings. The molecule has 0 amide bonds. The number of Topliss-reactive ketones (excluding diaryl/α,β-unsaturated/α-hetero) is 1. The van der Waals surface area contributed by atoms with Crippen molar-refractivity contribution in [1.29, 1.82) is 0 Å². The van der Waals surface area contributed by atoms with Crippen LogP contribution >= 0.6 is 11.6 Å². The molecule has 2 saturated heterocycles. The van der Waals surface area contributed by atoms with Crippen molar-refractivity contribution < 1.29 is 14.3 Å². The lowest BCUT2D eigenvalue weighted by Gasteiger charge is -2.43. The summed E-state index contributed by atoms with van der Waals surface area (Å²) in [6.07, 6.45) is 2.86. The number of rotatable bonds is 4. The summed E-state index contributed by atoms with van der Waals surface area (Å²) in [6.45, 7) is 2.04.